The van der Waals surface area contributed by atoms with Crippen LogP contribution in [0, 0.1) is 23.7 Å². The number of fused-ring (bicyclic) bond motifs is 2. The van der Waals surface area contributed by atoms with Crippen LogP contribution in [-0.2, 0) is 20.9 Å². The van der Waals surface area contributed by atoms with Crippen molar-refractivity contribution >= 4 is 47.4 Å². The van der Waals surface area contributed by atoms with E-state index in [1.807, 2.05) is 43.3 Å². The van der Waals surface area contributed by atoms with Crippen molar-refractivity contribution in [3.63, 3.8) is 0 Å². The highest BCUT2D eigenvalue weighted by Crippen LogP contribution is 2.46. The fraction of sp³-hybridized carbons (Fsp3) is 0.405. The Bertz CT molecular complexity index is 1950. The van der Waals surface area contributed by atoms with Gasteiger partial charge in [-0.05, 0) is 38.3 Å². The molecule has 266 valence electrons. The Morgan fingerprint density at radius 1 is 0.941 bits per heavy atom. The first-order valence-electron chi connectivity index (χ1n) is 17.0. The third kappa shape index (κ3) is 7.10. The molecule has 7 rings (SSSR count). The number of aromatic nitrogens is 2. The Kier molecular flexibility index (Phi) is 10.1. The maximum absolute atomic E-state index is 11.9. The molecule has 4 N–H and O–H groups in total. The number of carbonyl (C=O) groups excluding carboxylic acids is 2. The quantitative estimate of drug-likeness (QED) is 0.133. The molecule has 0 bridgehead atoms. The van der Waals surface area contributed by atoms with Crippen molar-refractivity contribution in [2.75, 3.05) is 33.9 Å². The second-order valence-corrected chi connectivity index (χ2v) is 14.1. The van der Waals surface area contributed by atoms with Crippen molar-refractivity contribution < 1.29 is 19.1 Å². The number of methoxy groups -OCH3 is 2. The fourth-order valence-electron chi connectivity index (χ4n) is 7.22. The van der Waals surface area contributed by atoms with E-state index in [0.717, 1.165) is 24.0 Å². The molecule has 2 saturated carbocycles. The third-order valence-electron chi connectivity index (χ3n) is 10.2. The summed E-state index contributed by atoms with van der Waals surface area (Å²) in [6.45, 7) is 7.67. The van der Waals surface area contributed by atoms with Gasteiger partial charge in [0.1, 0.15) is 11.4 Å². The number of carbonyl (C=O) groups is 2. The zero-order valence-electron chi connectivity index (χ0n) is 28.6. The van der Waals surface area contributed by atoms with Crippen LogP contribution in [0.15, 0.2) is 64.2 Å². The summed E-state index contributed by atoms with van der Waals surface area (Å²) in [6, 6.07) is 11.6. The van der Waals surface area contributed by atoms with Gasteiger partial charge in [-0.3, -0.25) is 19.6 Å². The lowest BCUT2D eigenvalue weighted by Crippen LogP contribution is -2.39. The number of nitrogens with zero attached hydrogens (tertiary/aromatic N) is 4. The number of hydrogen-bond acceptors (Lipinski definition) is 10. The second kappa shape index (κ2) is 14.7. The Morgan fingerprint density at radius 2 is 1.57 bits per heavy atom. The monoisotopic (exact) mass is 730 g/mol. The molecule has 51 heavy (non-hydrogen) atoms. The Labute approximate surface area is 306 Å². The van der Waals surface area contributed by atoms with Crippen LogP contribution >= 0.6 is 23.2 Å². The third-order valence-corrected chi connectivity index (χ3v) is 11.0. The molecule has 2 aliphatic carbocycles. The van der Waals surface area contributed by atoms with E-state index in [0.29, 0.717) is 93.7 Å². The lowest BCUT2D eigenvalue weighted by atomic mass is 9.98. The molecule has 2 amide bonds. The van der Waals surface area contributed by atoms with Crippen LogP contribution in [0.4, 0.5) is 0 Å². The highest BCUT2D eigenvalue weighted by molar-refractivity contribution is 6.39. The van der Waals surface area contributed by atoms with E-state index in [9.17, 15) is 9.59 Å². The van der Waals surface area contributed by atoms with Gasteiger partial charge in [0.15, 0.2) is 0 Å². The molecule has 2 aliphatic heterocycles. The Balaban J connectivity index is 1.07. The number of hydrogen-bond donors (Lipinski definition) is 4. The van der Waals surface area contributed by atoms with Gasteiger partial charge >= 0.3 is 0 Å². The first kappa shape index (κ1) is 35.1. The summed E-state index contributed by atoms with van der Waals surface area (Å²) in [5.41, 5.74) is 5.17. The van der Waals surface area contributed by atoms with Crippen molar-refractivity contribution in [2.45, 2.75) is 38.4 Å². The molecule has 3 heterocycles. The molecule has 4 fully saturated rings. The molecular weight excluding hydrogens is 691 g/mol. The number of nitrogens with one attached hydrogen (secondary N) is 4. The van der Waals surface area contributed by atoms with E-state index >= 15 is 0 Å². The van der Waals surface area contributed by atoms with Crippen molar-refractivity contribution in [1.82, 2.24) is 31.2 Å². The van der Waals surface area contributed by atoms with Gasteiger partial charge in [-0.1, -0.05) is 59.6 Å². The lowest BCUT2D eigenvalue weighted by molar-refractivity contribution is -0.122. The zero-order chi connectivity index (χ0) is 35.8. The number of benzene rings is 2. The van der Waals surface area contributed by atoms with Crippen LogP contribution in [0.5, 0.6) is 5.88 Å². The van der Waals surface area contributed by atoms with Crippen molar-refractivity contribution in [3.8, 4) is 28.3 Å². The van der Waals surface area contributed by atoms with Crippen LogP contribution in [0.3, 0.4) is 0 Å². The largest absolute Gasteiger partial charge is 0.480 e. The summed E-state index contributed by atoms with van der Waals surface area (Å²) >= 11 is 14.1. The van der Waals surface area contributed by atoms with Gasteiger partial charge in [0, 0.05) is 72.4 Å². The minimum atomic E-state index is 0.122. The highest BCUT2D eigenvalue weighted by Gasteiger charge is 2.54. The van der Waals surface area contributed by atoms with E-state index in [1.54, 1.807) is 13.3 Å². The van der Waals surface area contributed by atoms with E-state index in [-0.39, 0.29) is 35.7 Å². The molecule has 0 unspecified atom stereocenters. The fourth-order valence-corrected chi connectivity index (χ4v) is 7.91. The number of halogens is 2. The maximum Gasteiger partial charge on any atom is 0.237 e. The van der Waals surface area contributed by atoms with Crippen LogP contribution in [0.25, 0.3) is 22.4 Å². The van der Waals surface area contributed by atoms with Crippen molar-refractivity contribution in [1.29, 1.82) is 0 Å². The summed E-state index contributed by atoms with van der Waals surface area (Å²) in [5, 5.41) is 13.8. The van der Waals surface area contributed by atoms with E-state index in [2.05, 4.69) is 38.0 Å². The normalized spacial score (nSPS) is 25.0. The summed E-state index contributed by atoms with van der Waals surface area (Å²) in [7, 11) is 3.09. The average Bonchev–Trinajstić information content (AvgIpc) is 4.05. The zero-order valence-corrected chi connectivity index (χ0v) is 30.1. The van der Waals surface area contributed by atoms with Gasteiger partial charge in [-0.2, -0.15) is 0 Å². The molecule has 0 radical (unpaired) electrons. The Morgan fingerprint density at radius 3 is 2.16 bits per heavy atom. The molecule has 12 nitrogen and oxygen atoms in total. The molecule has 0 spiro atoms. The molecule has 6 atom stereocenters. The van der Waals surface area contributed by atoms with Crippen molar-refractivity contribution in [2.24, 2.45) is 33.7 Å². The SMILES string of the molecule is C=N/C(CNC[C@H]1NC(=O)[C@@H]2C[C@H]12)=C(\N=C(C)c1cccc(-c2cccc(-c3cnc(CNC[C@H]4NC(=O)[C@@H]5C[C@H]45)c(OC)n3)c2Cl)c1Cl)OC. The van der Waals surface area contributed by atoms with Crippen LogP contribution in [-0.4, -0.2) is 80.1 Å². The van der Waals surface area contributed by atoms with E-state index in [4.69, 9.17) is 42.7 Å². The molecular formula is C37H40Cl2N8O4. The summed E-state index contributed by atoms with van der Waals surface area (Å²) < 4.78 is 11.2. The topological polar surface area (TPSA) is 151 Å². The summed E-state index contributed by atoms with van der Waals surface area (Å²) in [6.07, 6.45) is 3.61. The second-order valence-electron chi connectivity index (χ2n) is 13.4. The van der Waals surface area contributed by atoms with Crippen LogP contribution < -0.4 is 26.0 Å². The molecule has 2 aromatic carbocycles. The minimum Gasteiger partial charge on any atom is -0.480 e. The summed E-state index contributed by atoms with van der Waals surface area (Å²) in [4.78, 5) is 42.1. The lowest BCUT2D eigenvalue weighted by Gasteiger charge is -2.16. The minimum absolute atomic E-state index is 0.122. The maximum atomic E-state index is 11.9. The predicted molar refractivity (Wildman–Crippen MR) is 197 cm³/mol. The van der Waals surface area contributed by atoms with Gasteiger partial charge in [-0.15, -0.1) is 0 Å². The van der Waals surface area contributed by atoms with Gasteiger partial charge in [0.25, 0.3) is 0 Å². The molecule has 14 heteroatoms. The van der Waals surface area contributed by atoms with E-state index in [1.165, 1.54) is 7.11 Å². The molecule has 2 saturated heterocycles. The molecule has 3 aromatic rings. The first-order valence-corrected chi connectivity index (χ1v) is 17.8. The van der Waals surface area contributed by atoms with Crippen molar-refractivity contribution in [3.05, 3.63) is 75.5 Å². The van der Waals surface area contributed by atoms with Gasteiger partial charge in [-0.25, -0.2) is 9.98 Å². The van der Waals surface area contributed by atoms with Crippen LogP contribution in [0.1, 0.15) is 31.0 Å². The van der Waals surface area contributed by atoms with E-state index < -0.39 is 0 Å². The predicted octanol–water partition coefficient (Wildman–Crippen LogP) is 4.40. The van der Waals surface area contributed by atoms with Gasteiger partial charge in [0.2, 0.25) is 23.6 Å². The van der Waals surface area contributed by atoms with Crippen LogP contribution in [0.2, 0.25) is 10.0 Å². The number of rotatable bonds is 15. The number of piperidine rings is 2. The van der Waals surface area contributed by atoms with Gasteiger partial charge in [0.05, 0.1) is 41.9 Å². The standard InChI is InChI=1S/C37H40Cl2N8O4/c1-18(44-36(50-3)30(40-2)15-41-13-27-23-11-25(23)34(48)45-27)19-7-5-8-20(32(19)38)21-9-6-10-22(33(21)39)29-17-43-31(37(47-29)51-4)16-42-14-28-24-12-26(24)35(49)46-28/h5-10,17,23-28,41-42H,2,11-16H2,1,3-4H3,(H,45,48)(H,46,49)/b36-30+,44-18?/t23-,24-,25+,26+,27+,28+/m0/s1. The molecule has 1 aromatic heterocycles. The first-order chi connectivity index (χ1) is 24.7. The average molecular weight is 732 g/mol. The number of amides is 2. The highest BCUT2D eigenvalue weighted by atomic mass is 35.5. The number of ether oxygens (including phenoxy) is 2. The Hall–Kier alpha value is -4.36. The summed E-state index contributed by atoms with van der Waals surface area (Å²) in [5.74, 6) is 2.20. The van der Waals surface area contributed by atoms with Gasteiger partial charge < -0.3 is 30.7 Å². The smallest absolute Gasteiger partial charge is 0.237 e. The number of aliphatic imine (C=N–C) groups is 2. The molecule has 4 aliphatic rings.